The van der Waals surface area contributed by atoms with Gasteiger partial charge in [-0.25, -0.2) is 0 Å². The number of hydrogen-bond acceptors (Lipinski definition) is 3. The van der Waals surface area contributed by atoms with E-state index in [0.29, 0.717) is 0 Å². The lowest BCUT2D eigenvalue weighted by molar-refractivity contribution is -0.0000161. The summed E-state index contributed by atoms with van der Waals surface area (Å²) in [6.07, 6.45) is 5.18. The maximum absolute atomic E-state index is 5.64. The third kappa shape index (κ3) is 4.09. The Hall–Kier alpha value is -0.120. The molecule has 1 aliphatic rings. The second kappa shape index (κ2) is 5.83. The fourth-order valence-corrected chi connectivity index (χ4v) is 1.91. The minimum atomic E-state index is -0.00338. The first-order chi connectivity index (χ1) is 7.09. The van der Waals surface area contributed by atoms with Crippen molar-refractivity contribution in [2.75, 3.05) is 26.7 Å². The van der Waals surface area contributed by atoms with Crippen molar-refractivity contribution in [3.8, 4) is 0 Å². The fourth-order valence-electron chi connectivity index (χ4n) is 1.91. The fraction of sp³-hybridized carbons (Fsp3) is 1.00. The van der Waals surface area contributed by atoms with Crippen molar-refractivity contribution in [1.29, 1.82) is 0 Å². The normalized spacial score (nSPS) is 18.2. The van der Waals surface area contributed by atoms with Crippen LogP contribution in [-0.2, 0) is 4.74 Å². The highest BCUT2D eigenvalue weighted by molar-refractivity contribution is 4.82. The van der Waals surface area contributed by atoms with Crippen molar-refractivity contribution in [3.05, 3.63) is 0 Å². The number of ether oxygens (including phenoxy) is 1. The SMILES string of the molecule is COC(C)(C)CCN(CCN)C1CCC1. The number of hydrogen-bond donors (Lipinski definition) is 1. The predicted molar refractivity (Wildman–Crippen MR) is 64.0 cm³/mol. The average Bonchev–Trinajstić information content (AvgIpc) is 2.12. The first kappa shape index (κ1) is 12.9. The van der Waals surface area contributed by atoms with E-state index in [9.17, 15) is 0 Å². The number of methoxy groups -OCH3 is 1. The molecule has 15 heavy (non-hydrogen) atoms. The van der Waals surface area contributed by atoms with E-state index < -0.39 is 0 Å². The summed E-state index contributed by atoms with van der Waals surface area (Å²) in [6.45, 7) is 7.21. The van der Waals surface area contributed by atoms with Gasteiger partial charge in [-0.1, -0.05) is 6.42 Å². The Morgan fingerprint density at radius 1 is 1.33 bits per heavy atom. The third-order valence-corrected chi connectivity index (χ3v) is 3.56. The van der Waals surface area contributed by atoms with Gasteiger partial charge in [0, 0.05) is 32.8 Å². The molecule has 0 aromatic rings. The Kier molecular flexibility index (Phi) is 5.03. The van der Waals surface area contributed by atoms with Crippen LogP contribution in [0.5, 0.6) is 0 Å². The lowest BCUT2D eigenvalue weighted by atomic mass is 9.90. The highest BCUT2D eigenvalue weighted by Crippen LogP contribution is 2.25. The zero-order chi connectivity index (χ0) is 11.3. The van der Waals surface area contributed by atoms with Gasteiger partial charge in [0.15, 0.2) is 0 Å². The van der Waals surface area contributed by atoms with Crippen LogP contribution in [0.1, 0.15) is 39.5 Å². The van der Waals surface area contributed by atoms with E-state index in [1.165, 1.54) is 19.3 Å². The van der Waals surface area contributed by atoms with E-state index >= 15 is 0 Å². The van der Waals surface area contributed by atoms with Crippen LogP contribution in [0, 0.1) is 0 Å². The van der Waals surface area contributed by atoms with E-state index in [0.717, 1.165) is 32.1 Å². The van der Waals surface area contributed by atoms with Gasteiger partial charge in [-0.15, -0.1) is 0 Å². The number of nitrogens with zero attached hydrogens (tertiary/aromatic N) is 1. The molecule has 3 nitrogen and oxygen atoms in total. The summed E-state index contributed by atoms with van der Waals surface area (Å²) < 4.78 is 5.44. The highest BCUT2D eigenvalue weighted by Gasteiger charge is 2.26. The van der Waals surface area contributed by atoms with Crippen LogP contribution in [0.3, 0.4) is 0 Å². The van der Waals surface area contributed by atoms with Gasteiger partial charge in [0.2, 0.25) is 0 Å². The molecule has 0 heterocycles. The summed E-state index contributed by atoms with van der Waals surface area (Å²) in [6, 6.07) is 0.793. The van der Waals surface area contributed by atoms with Crippen molar-refractivity contribution in [2.24, 2.45) is 5.73 Å². The molecule has 1 saturated carbocycles. The molecule has 0 spiro atoms. The van der Waals surface area contributed by atoms with Gasteiger partial charge < -0.3 is 10.5 Å². The number of rotatable bonds is 7. The summed E-state index contributed by atoms with van der Waals surface area (Å²) in [7, 11) is 1.79. The Balaban J connectivity index is 2.30. The standard InChI is InChI=1S/C12H26N2O/c1-12(2,15-3)7-9-14(10-8-13)11-5-4-6-11/h11H,4-10,13H2,1-3H3. The van der Waals surface area contributed by atoms with Crippen molar-refractivity contribution in [1.82, 2.24) is 4.90 Å². The molecular formula is C12H26N2O. The van der Waals surface area contributed by atoms with Crippen LogP contribution in [0.2, 0.25) is 0 Å². The van der Waals surface area contributed by atoms with E-state index in [-0.39, 0.29) is 5.60 Å². The molecule has 0 bridgehead atoms. The van der Waals surface area contributed by atoms with Crippen molar-refractivity contribution < 1.29 is 4.74 Å². The quantitative estimate of drug-likeness (QED) is 0.700. The van der Waals surface area contributed by atoms with Gasteiger partial charge in [-0.3, -0.25) is 4.90 Å². The first-order valence-corrected chi connectivity index (χ1v) is 6.08. The predicted octanol–water partition coefficient (Wildman–Crippen LogP) is 1.61. The van der Waals surface area contributed by atoms with Gasteiger partial charge in [-0.2, -0.15) is 0 Å². The highest BCUT2D eigenvalue weighted by atomic mass is 16.5. The molecule has 0 amide bonds. The first-order valence-electron chi connectivity index (χ1n) is 6.08. The van der Waals surface area contributed by atoms with E-state index in [1.807, 2.05) is 0 Å². The molecule has 0 aliphatic heterocycles. The molecule has 3 heteroatoms. The lowest BCUT2D eigenvalue weighted by Crippen LogP contribution is -2.45. The molecule has 0 aromatic heterocycles. The molecule has 90 valence electrons. The maximum Gasteiger partial charge on any atom is 0.0634 e. The molecule has 1 rings (SSSR count). The minimum absolute atomic E-state index is 0.00338. The van der Waals surface area contributed by atoms with Crippen LogP contribution >= 0.6 is 0 Å². The topological polar surface area (TPSA) is 38.5 Å². The molecule has 0 unspecified atom stereocenters. The van der Waals surface area contributed by atoms with Gasteiger partial charge in [-0.05, 0) is 33.1 Å². The van der Waals surface area contributed by atoms with Crippen LogP contribution in [0.4, 0.5) is 0 Å². The zero-order valence-corrected chi connectivity index (χ0v) is 10.5. The molecule has 1 fully saturated rings. The van der Waals surface area contributed by atoms with E-state index in [2.05, 4.69) is 18.7 Å². The van der Waals surface area contributed by atoms with Gasteiger partial charge in [0.05, 0.1) is 5.60 Å². The maximum atomic E-state index is 5.64. The van der Waals surface area contributed by atoms with Gasteiger partial charge in [0.25, 0.3) is 0 Å². The summed E-state index contributed by atoms with van der Waals surface area (Å²) in [5, 5.41) is 0. The Labute approximate surface area is 94.0 Å². The van der Waals surface area contributed by atoms with Crippen LogP contribution in [-0.4, -0.2) is 43.3 Å². The summed E-state index contributed by atoms with van der Waals surface area (Å²) >= 11 is 0. The van der Waals surface area contributed by atoms with Crippen molar-refractivity contribution >= 4 is 0 Å². The summed E-state index contributed by atoms with van der Waals surface area (Å²) in [5.74, 6) is 0. The minimum Gasteiger partial charge on any atom is -0.379 e. The Bertz CT molecular complexity index is 178. The molecule has 0 radical (unpaired) electrons. The Morgan fingerprint density at radius 3 is 2.40 bits per heavy atom. The van der Waals surface area contributed by atoms with Gasteiger partial charge >= 0.3 is 0 Å². The zero-order valence-electron chi connectivity index (χ0n) is 10.5. The smallest absolute Gasteiger partial charge is 0.0634 e. The second-order valence-electron chi connectivity index (χ2n) is 5.12. The van der Waals surface area contributed by atoms with E-state index in [4.69, 9.17) is 10.5 Å². The van der Waals surface area contributed by atoms with E-state index in [1.54, 1.807) is 7.11 Å². The monoisotopic (exact) mass is 214 g/mol. The van der Waals surface area contributed by atoms with Crippen LogP contribution in [0.15, 0.2) is 0 Å². The average molecular weight is 214 g/mol. The van der Waals surface area contributed by atoms with Gasteiger partial charge in [0.1, 0.15) is 0 Å². The Morgan fingerprint density at radius 2 is 2.00 bits per heavy atom. The van der Waals surface area contributed by atoms with Crippen LogP contribution < -0.4 is 5.73 Å². The lowest BCUT2D eigenvalue weighted by Gasteiger charge is -2.39. The largest absolute Gasteiger partial charge is 0.379 e. The summed E-state index contributed by atoms with van der Waals surface area (Å²) in [4.78, 5) is 2.53. The number of nitrogens with two attached hydrogens (primary N) is 1. The van der Waals surface area contributed by atoms with Crippen molar-refractivity contribution in [3.63, 3.8) is 0 Å². The van der Waals surface area contributed by atoms with Crippen molar-refractivity contribution in [2.45, 2.75) is 51.2 Å². The molecule has 0 saturated heterocycles. The third-order valence-electron chi connectivity index (χ3n) is 3.56. The molecule has 0 aromatic carbocycles. The van der Waals surface area contributed by atoms with Crippen LogP contribution in [0.25, 0.3) is 0 Å². The molecule has 0 atom stereocenters. The second-order valence-corrected chi connectivity index (χ2v) is 5.12. The molecular weight excluding hydrogens is 188 g/mol. The molecule has 2 N–H and O–H groups in total. The molecule has 1 aliphatic carbocycles. The summed E-state index contributed by atoms with van der Waals surface area (Å²) in [5.41, 5.74) is 5.64.